The summed E-state index contributed by atoms with van der Waals surface area (Å²) in [4.78, 5) is 11.6. The Kier molecular flexibility index (Phi) is 2.77. The summed E-state index contributed by atoms with van der Waals surface area (Å²) < 4.78 is 26.0. The quantitative estimate of drug-likeness (QED) is 0.632. The smallest absolute Gasteiger partial charge is 0.407 e. The Bertz CT molecular complexity index is 298. The molecule has 6 nitrogen and oxygen atoms in total. The van der Waals surface area contributed by atoms with E-state index in [0.29, 0.717) is 13.0 Å². The van der Waals surface area contributed by atoms with Crippen molar-refractivity contribution in [3.8, 4) is 0 Å². The van der Waals surface area contributed by atoms with Gasteiger partial charge in [-0.05, 0) is 6.42 Å². The van der Waals surface area contributed by atoms with Gasteiger partial charge in [0.05, 0.1) is 18.9 Å². The molecule has 0 radical (unpaired) electrons. The number of nitrogens with zero attached hydrogens (tertiary/aromatic N) is 1. The molecule has 1 rings (SSSR count). The van der Waals surface area contributed by atoms with E-state index in [2.05, 4.69) is 4.18 Å². The topological polar surface area (TPSA) is 83.9 Å². The highest BCUT2D eigenvalue weighted by Crippen LogP contribution is 2.14. The maximum absolute atomic E-state index is 10.7. The predicted molar refractivity (Wildman–Crippen MR) is 43.9 cm³/mol. The van der Waals surface area contributed by atoms with Crippen molar-refractivity contribution in [1.29, 1.82) is 0 Å². The lowest BCUT2D eigenvalue weighted by molar-refractivity contribution is 0.146. The predicted octanol–water partition coefficient (Wildman–Crippen LogP) is -0.285. The molecule has 76 valence electrons. The summed E-state index contributed by atoms with van der Waals surface area (Å²) in [5.41, 5.74) is 0. The lowest BCUT2D eigenvalue weighted by Crippen LogP contribution is -2.29. The summed E-state index contributed by atoms with van der Waals surface area (Å²) in [6.07, 6.45) is -0.179. The van der Waals surface area contributed by atoms with Crippen LogP contribution in [-0.4, -0.2) is 50.0 Å². The Morgan fingerprint density at radius 3 is 2.62 bits per heavy atom. The van der Waals surface area contributed by atoms with Crippen molar-refractivity contribution in [2.24, 2.45) is 0 Å². The molecule has 0 aromatic rings. The maximum atomic E-state index is 10.7. The van der Waals surface area contributed by atoms with Gasteiger partial charge in [-0.3, -0.25) is 4.18 Å². The van der Waals surface area contributed by atoms with Crippen LogP contribution in [0.3, 0.4) is 0 Å². The summed E-state index contributed by atoms with van der Waals surface area (Å²) >= 11 is 0. The third-order valence-electron chi connectivity index (χ3n) is 1.73. The minimum atomic E-state index is -3.48. The number of amides is 1. The van der Waals surface area contributed by atoms with Gasteiger partial charge in [-0.1, -0.05) is 0 Å². The van der Waals surface area contributed by atoms with Crippen LogP contribution in [0.2, 0.25) is 0 Å². The fraction of sp³-hybridized carbons (Fsp3) is 0.833. The van der Waals surface area contributed by atoms with Gasteiger partial charge >= 0.3 is 6.09 Å². The van der Waals surface area contributed by atoms with Gasteiger partial charge in [0.2, 0.25) is 0 Å². The van der Waals surface area contributed by atoms with Crippen molar-refractivity contribution in [1.82, 2.24) is 4.90 Å². The van der Waals surface area contributed by atoms with E-state index in [4.69, 9.17) is 5.11 Å². The summed E-state index contributed by atoms with van der Waals surface area (Å²) in [6.45, 7) is 0.456. The SMILES string of the molecule is CS(=O)(=O)O[C@H]1CCN(C(=O)O)C1. The van der Waals surface area contributed by atoms with Crippen LogP contribution in [0.1, 0.15) is 6.42 Å². The van der Waals surface area contributed by atoms with Crippen LogP contribution in [0.4, 0.5) is 4.79 Å². The van der Waals surface area contributed by atoms with E-state index >= 15 is 0 Å². The average molecular weight is 209 g/mol. The standard InChI is InChI=1S/C6H11NO5S/c1-13(10,11)12-5-2-3-7(4-5)6(8)9/h5H,2-4H2,1H3,(H,8,9)/t5-/m0/s1. The molecule has 1 aliphatic heterocycles. The monoisotopic (exact) mass is 209 g/mol. The first kappa shape index (κ1) is 10.3. The van der Waals surface area contributed by atoms with Gasteiger partial charge in [-0.25, -0.2) is 4.79 Å². The summed E-state index contributed by atoms with van der Waals surface area (Å²) in [6, 6.07) is 0. The summed E-state index contributed by atoms with van der Waals surface area (Å²) in [7, 11) is -3.48. The molecule has 1 heterocycles. The average Bonchev–Trinajstić information content (AvgIpc) is 2.31. The third-order valence-corrected chi connectivity index (χ3v) is 2.35. The second-order valence-electron chi connectivity index (χ2n) is 2.94. The number of hydrogen-bond acceptors (Lipinski definition) is 4. The van der Waals surface area contributed by atoms with E-state index in [1.54, 1.807) is 0 Å². The molecule has 7 heteroatoms. The number of hydrogen-bond donors (Lipinski definition) is 1. The van der Waals surface area contributed by atoms with Crippen LogP contribution in [0.5, 0.6) is 0 Å². The van der Waals surface area contributed by atoms with Crippen LogP contribution in [0, 0.1) is 0 Å². The van der Waals surface area contributed by atoms with Crippen LogP contribution in [0.25, 0.3) is 0 Å². The van der Waals surface area contributed by atoms with Gasteiger partial charge in [0.25, 0.3) is 10.1 Å². The lowest BCUT2D eigenvalue weighted by Gasteiger charge is -2.11. The Morgan fingerprint density at radius 1 is 1.62 bits per heavy atom. The number of likely N-dealkylation sites (tertiary alicyclic amines) is 1. The minimum absolute atomic E-state index is 0.127. The lowest BCUT2D eigenvalue weighted by atomic mass is 10.3. The fourth-order valence-electron chi connectivity index (χ4n) is 1.23. The molecule has 0 aliphatic carbocycles. The third kappa shape index (κ3) is 3.19. The zero-order valence-electron chi connectivity index (χ0n) is 7.13. The first-order valence-electron chi connectivity index (χ1n) is 3.74. The molecule has 1 atom stereocenters. The van der Waals surface area contributed by atoms with Crippen molar-refractivity contribution in [3.05, 3.63) is 0 Å². The molecule has 0 aromatic heterocycles. The second kappa shape index (κ2) is 3.51. The van der Waals surface area contributed by atoms with E-state index in [1.807, 2.05) is 0 Å². The largest absolute Gasteiger partial charge is 0.465 e. The zero-order valence-corrected chi connectivity index (χ0v) is 7.95. The van der Waals surface area contributed by atoms with Crippen LogP contribution in [0.15, 0.2) is 0 Å². The Labute approximate surface area is 76.2 Å². The molecule has 1 fully saturated rings. The Morgan fingerprint density at radius 2 is 2.23 bits per heavy atom. The van der Waals surface area contributed by atoms with Gasteiger partial charge in [0.1, 0.15) is 0 Å². The van der Waals surface area contributed by atoms with E-state index in [9.17, 15) is 13.2 Å². The maximum Gasteiger partial charge on any atom is 0.407 e. The molecule has 0 aromatic carbocycles. The van der Waals surface area contributed by atoms with E-state index in [0.717, 1.165) is 11.2 Å². The Balaban J connectivity index is 2.47. The fourth-order valence-corrected chi connectivity index (χ4v) is 1.88. The van der Waals surface area contributed by atoms with Crippen molar-refractivity contribution in [3.63, 3.8) is 0 Å². The second-order valence-corrected chi connectivity index (χ2v) is 4.54. The van der Waals surface area contributed by atoms with Gasteiger partial charge in [0, 0.05) is 6.54 Å². The molecule has 0 bridgehead atoms. The molecule has 1 amide bonds. The Hall–Kier alpha value is -0.820. The number of carboxylic acid groups (broad SMARTS) is 1. The molecule has 1 aliphatic rings. The molecular formula is C6H11NO5S. The number of rotatable bonds is 2. The highest BCUT2D eigenvalue weighted by atomic mass is 32.2. The molecular weight excluding hydrogens is 198 g/mol. The van der Waals surface area contributed by atoms with Crippen molar-refractivity contribution >= 4 is 16.2 Å². The first-order valence-corrected chi connectivity index (χ1v) is 5.56. The molecule has 13 heavy (non-hydrogen) atoms. The van der Waals surface area contributed by atoms with Crippen molar-refractivity contribution in [2.45, 2.75) is 12.5 Å². The summed E-state index contributed by atoms with van der Waals surface area (Å²) in [5.74, 6) is 0. The summed E-state index contributed by atoms with van der Waals surface area (Å²) in [5, 5.41) is 8.55. The zero-order chi connectivity index (χ0) is 10.1. The molecule has 0 unspecified atom stereocenters. The molecule has 0 spiro atoms. The first-order chi connectivity index (χ1) is 5.88. The van der Waals surface area contributed by atoms with Crippen molar-refractivity contribution < 1.29 is 22.5 Å². The molecule has 1 saturated heterocycles. The van der Waals surface area contributed by atoms with Gasteiger partial charge < -0.3 is 10.0 Å². The minimum Gasteiger partial charge on any atom is -0.465 e. The van der Waals surface area contributed by atoms with Gasteiger partial charge in [-0.2, -0.15) is 8.42 Å². The number of carbonyl (C=O) groups is 1. The van der Waals surface area contributed by atoms with E-state index in [-0.39, 0.29) is 6.54 Å². The normalized spacial score (nSPS) is 23.5. The van der Waals surface area contributed by atoms with E-state index < -0.39 is 22.3 Å². The van der Waals surface area contributed by atoms with Crippen molar-refractivity contribution in [2.75, 3.05) is 19.3 Å². The van der Waals surface area contributed by atoms with Crippen LogP contribution >= 0.6 is 0 Å². The molecule has 1 N–H and O–H groups in total. The van der Waals surface area contributed by atoms with Crippen LogP contribution in [-0.2, 0) is 14.3 Å². The highest BCUT2D eigenvalue weighted by molar-refractivity contribution is 7.86. The highest BCUT2D eigenvalue weighted by Gasteiger charge is 2.28. The van der Waals surface area contributed by atoms with Gasteiger partial charge in [0.15, 0.2) is 0 Å². The van der Waals surface area contributed by atoms with E-state index in [1.165, 1.54) is 0 Å². The molecule has 0 saturated carbocycles. The van der Waals surface area contributed by atoms with Crippen LogP contribution < -0.4 is 0 Å². The van der Waals surface area contributed by atoms with Gasteiger partial charge in [-0.15, -0.1) is 0 Å².